The second-order valence-electron chi connectivity index (χ2n) is 5.30. The Morgan fingerprint density at radius 2 is 2.12 bits per heavy atom. The second kappa shape index (κ2) is 8.25. The van der Waals surface area contributed by atoms with Crippen LogP contribution in [0.1, 0.15) is 16.3 Å². The van der Waals surface area contributed by atoms with Crippen molar-refractivity contribution >= 4 is 35.1 Å². The van der Waals surface area contributed by atoms with Gasteiger partial charge in [-0.15, -0.1) is 16.4 Å². The summed E-state index contributed by atoms with van der Waals surface area (Å²) < 4.78 is 16.9. The zero-order valence-electron chi connectivity index (χ0n) is 14.3. The molecule has 0 spiro atoms. The van der Waals surface area contributed by atoms with E-state index in [2.05, 4.69) is 5.10 Å². The number of methoxy groups -OCH3 is 2. The molecule has 0 fully saturated rings. The van der Waals surface area contributed by atoms with Gasteiger partial charge in [-0.2, -0.15) is 4.68 Å². The molecular weight excluding hydrogens is 376 g/mol. The lowest BCUT2D eigenvalue weighted by Crippen LogP contribution is -2.16. The molecule has 0 saturated heterocycles. The van der Waals surface area contributed by atoms with Crippen molar-refractivity contribution in [1.29, 1.82) is 0 Å². The Morgan fingerprint density at radius 3 is 2.81 bits per heavy atom. The number of aromatic nitrogens is 2. The van der Waals surface area contributed by atoms with Gasteiger partial charge in [0.2, 0.25) is 5.89 Å². The molecule has 8 heteroatoms. The van der Waals surface area contributed by atoms with Gasteiger partial charge in [0.1, 0.15) is 0 Å². The molecule has 26 heavy (non-hydrogen) atoms. The molecule has 0 amide bonds. The summed E-state index contributed by atoms with van der Waals surface area (Å²) in [6, 6.07) is 7.54. The highest BCUT2D eigenvalue weighted by molar-refractivity contribution is 7.09. The number of thiophene rings is 1. The minimum absolute atomic E-state index is 0.215. The maximum Gasteiger partial charge on any atom is 0.437 e. The van der Waals surface area contributed by atoms with Crippen molar-refractivity contribution in [3.8, 4) is 11.5 Å². The molecular formula is C18H17ClN2O4S. The summed E-state index contributed by atoms with van der Waals surface area (Å²) >= 11 is 7.98. The lowest BCUT2D eigenvalue weighted by molar-refractivity contribution is 0.355. The molecule has 2 heterocycles. The Balaban J connectivity index is 1.77. The third-order valence-electron chi connectivity index (χ3n) is 3.69. The van der Waals surface area contributed by atoms with Gasteiger partial charge >= 0.3 is 5.76 Å². The van der Waals surface area contributed by atoms with Crippen LogP contribution in [0, 0.1) is 0 Å². The summed E-state index contributed by atoms with van der Waals surface area (Å²) in [6.45, 7) is 0.466. The first-order valence-electron chi connectivity index (χ1n) is 7.81. The zero-order chi connectivity index (χ0) is 18.5. The first kappa shape index (κ1) is 18.3. The average molecular weight is 393 g/mol. The molecule has 0 saturated carbocycles. The van der Waals surface area contributed by atoms with Gasteiger partial charge in [0.15, 0.2) is 11.5 Å². The van der Waals surface area contributed by atoms with E-state index >= 15 is 0 Å². The molecule has 2 aromatic heterocycles. The van der Waals surface area contributed by atoms with Crippen LogP contribution in [0.2, 0.25) is 5.02 Å². The first-order valence-corrected chi connectivity index (χ1v) is 9.07. The van der Waals surface area contributed by atoms with Gasteiger partial charge in [-0.1, -0.05) is 17.7 Å². The standard InChI is InChI=1S/C18H17ClN2O4S/c1-23-14-7-5-12(16(19)17(14)24-2)6-8-15-20-21(18(22)25-15)10-9-13-4-3-11-26-13/h3-8,11H,9-10H2,1-2H3. The smallest absolute Gasteiger partial charge is 0.437 e. The molecule has 0 atom stereocenters. The fourth-order valence-electron chi connectivity index (χ4n) is 2.40. The van der Waals surface area contributed by atoms with Crippen LogP contribution in [-0.4, -0.2) is 24.0 Å². The molecule has 0 aliphatic heterocycles. The average Bonchev–Trinajstić information content (AvgIpc) is 3.28. The molecule has 1 aromatic carbocycles. The van der Waals surface area contributed by atoms with Crippen LogP contribution in [0.25, 0.3) is 12.2 Å². The molecule has 0 radical (unpaired) electrons. The van der Waals surface area contributed by atoms with E-state index in [0.29, 0.717) is 28.6 Å². The van der Waals surface area contributed by atoms with E-state index in [9.17, 15) is 4.79 Å². The Kier molecular flexibility index (Phi) is 5.80. The van der Waals surface area contributed by atoms with Crippen molar-refractivity contribution in [3.63, 3.8) is 0 Å². The van der Waals surface area contributed by atoms with E-state index in [1.807, 2.05) is 17.5 Å². The molecule has 6 nitrogen and oxygen atoms in total. The number of nitrogens with zero attached hydrogens (tertiary/aromatic N) is 2. The summed E-state index contributed by atoms with van der Waals surface area (Å²) in [5, 5.41) is 6.59. The Labute approximate surface area is 159 Å². The number of aryl methyl sites for hydroxylation is 2. The van der Waals surface area contributed by atoms with Gasteiger partial charge in [-0.05, 0) is 35.2 Å². The highest BCUT2D eigenvalue weighted by Gasteiger charge is 2.12. The molecule has 0 N–H and O–H groups in total. The summed E-state index contributed by atoms with van der Waals surface area (Å²) in [7, 11) is 3.06. The second-order valence-corrected chi connectivity index (χ2v) is 6.71. The summed E-state index contributed by atoms with van der Waals surface area (Å²) in [4.78, 5) is 13.1. The topological polar surface area (TPSA) is 66.5 Å². The Morgan fingerprint density at radius 1 is 1.27 bits per heavy atom. The number of hydrogen-bond donors (Lipinski definition) is 0. The minimum Gasteiger partial charge on any atom is -0.493 e. The maximum atomic E-state index is 11.9. The van der Waals surface area contributed by atoms with Crippen LogP contribution < -0.4 is 15.2 Å². The fourth-order valence-corrected chi connectivity index (χ4v) is 3.39. The van der Waals surface area contributed by atoms with Crippen LogP contribution in [-0.2, 0) is 13.0 Å². The van der Waals surface area contributed by atoms with E-state index in [1.54, 1.807) is 42.7 Å². The predicted molar refractivity (Wildman–Crippen MR) is 102 cm³/mol. The summed E-state index contributed by atoms with van der Waals surface area (Å²) in [6.07, 6.45) is 4.03. The maximum absolute atomic E-state index is 11.9. The monoisotopic (exact) mass is 392 g/mol. The van der Waals surface area contributed by atoms with Crippen molar-refractivity contribution in [2.75, 3.05) is 14.2 Å². The number of hydrogen-bond acceptors (Lipinski definition) is 6. The van der Waals surface area contributed by atoms with Gasteiger partial charge in [0.25, 0.3) is 0 Å². The predicted octanol–water partition coefficient (Wildman–Crippen LogP) is 3.98. The number of benzene rings is 1. The van der Waals surface area contributed by atoms with Crippen molar-refractivity contribution in [2.24, 2.45) is 0 Å². The quantitative estimate of drug-likeness (QED) is 0.608. The van der Waals surface area contributed by atoms with Gasteiger partial charge in [-0.25, -0.2) is 4.79 Å². The molecule has 0 unspecified atom stereocenters. The highest BCUT2D eigenvalue weighted by atomic mass is 35.5. The van der Waals surface area contributed by atoms with Crippen LogP contribution in [0.3, 0.4) is 0 Å². The molecule has 0 aliphatic rings. The summed E-state index contributed by atoms with van der Waals surface area (Å²) in [5.41, 5.74) is 0.695. The Bertz CT molecular complexity index is 960. The van der Waals surface area contributed by atoms with Gasteiger partial charge < -0.3 is 13.9 Å². The van der Waals surface area contributed by atoms with Crippen molar-refractivity contribution in [3.05, 3.63) is 61.6 Å². The third kappa shape index (κ3) is 4.00. The van der Waals surface area contributed by atoms with Gasteiger partial charge in [0.05, 0.1) is 25.8 Å². The van der Waals surface area contributed by atoms with Crippen LogP contribution in [0.15, 0.2) is 38.9 Å². The molecule has 3 aromatic rings. The molecule has 136 valence electrons. The van der Waals surface area contributed by atoms with E-state index in [1.165, 1.54) is 16.7 Å². The van der Waals surface area contributed by atoms with Crippen LogP contribution in [0.4, 0.5) is 0 Å². The molecule has 3 rings (SSSR count). The van der Waals surface area contributed by atoms with Gasteiger partial charge in [0, 0.05) is 17.4 Å². The van der Waals surface area contributed by atoms with Crippen LogP contribution >= 0.6 is 22.9 Å². The van der Waals surface area contributed by atoms with E-state index < -0.39 is 5.76 Å². The van der Waals surface area contributed by atoms with E-state index in [4.69, 9.17) is 25.5 Å². The van der Waals surface area contributed by atoms with Gasteiger partial charge in [-0.3, -0.25) is 0 Å². The third-order valence-corrected chi connectivity index (χ3v) is 5.02. The minimum atomic E-state index is -0.486. The van der Waals surface area contributed by atoms with Crippen molar-refractivity contribution in [1.82, 2.24) is 9.78 Å². The van der Waals surface area contributed by atoms with Crippen molar-refractivity contribution < 1.29 is 13.9 Å². The molecule has 0 aliphatic carbocycles. The number of rotatable bonds is 7. The largest absolute Gasteiger partial charge is 0.493 e. The summed E-state index contributed by atoms with van der Waals surface area (Å²) in [5.74, 6) is 0.713. The highest BCUT2D eigenvalue weighted by Crippen LogP contribution is 2.37. The lowest BCUT2D eigenvalue weighted by atomic mass is 10.2. The SMILES string of the molecule is COc1ccc(C=Cc2nn(CCc3cccs3)c(=O)o2)c(Cl)c1OC. The number of halogens is 1. The lowest BCUT2D eigenvalue weighted by Gasteiger charge is -2.10. The van der Waals surface area contributed by atoms with Crippen molar-refractivity contribution in [2.45, 2.75) is 13.0 Å². The van der Waals surface area contributed by atoms with E-state index in [-0.39, 0.29) is 5.89 Å². The normalized spacial score (nSPS) is 11.2. The van der Waals surface area contributed by atoms with E-state index in [0.717, 1.165) is 6.42 Å². The van der Waals surface area contributed by atoms with Crippen LogP contribution in [0.5, 0.6) is 11.5 Å². The first-order chi connectivity index (χ1) is 12.6. The Hall–Kier alpha value is -2.51. The zero-order valence-corrected chi connectivity index (χ0v) is 15.8. The fraction of sp³-hybridized carbons (Fsp3) is 0.222. The molecule has 0 bridgehead atoms. The number of ether oxygens (including phenoxy) is 2.